The summed E-state index contributed by atoms with van der Waals surface area (Å²) in [5, 5.41) is 0. The zero-order valence-electron chi connectivity index (χ0n) is 14.5. The molecule has 0 saturated heterocycles. The molecule has 0 atom stereocenters. The van der Waals surface area contributed by atoms with Gasteiger partial charge in [-0.2, -0.15) is 0 Å². The van der Waals surface area contributed by atoms with E-state index >= 15 is 0 Å². The van der Waals surface area contributed by atoms with Gasteiger partial charge >= 0.3 is 5.97 Å². The monoisotopic (exact) mass is 356 g/mol. The first kappa shape index (κ1) is 17.7. The standard InChI is InChI=1S/C19H20N2O5/c1-2-21(12-14-6-7-16-17(11-14)25-10-9-24-16)18(22)13-26-19(23)15-5-3-4-8-20-15/h3-8,11H,2,9-10,12-13H2,1H3. The Morgan fingerprint density at radius 2 is 1.96 bits per heavy atom. The van der Waals surface area contributed by atoms with E-state index in [1.807, 2.05) is 25.1 Å². The zero-order chi connectivity index (χ0) is 18.4. The van der Waals surface area contributed by atoms with E-state index in [0.717, 1.165) is 5.56 Å². The number of ether oxygens (including phenoxy) is 3. The summed E-state index contributed by atoms with van der Waals surface area (Å²) in [6, 6.07) is 10.5. The average molecular weight is 356 g/mol. The van der Waals surface area contributed by atoms with E-state index in [1.165, 1.54) is 6.20 Å². The van der Waals surface area contributed by atoms with Crippen molar-refractivity contribution in [3.05, 3.63) is 53.9 Å². The SMILES string of the molecule is CCN(Cc1ccc2c(c1)OCCO2)C(=O)COC(=O)c1ccccn1. The summed E-state index contributed by atoms with van der Waals surface area (Å²) < 4.78 is 16.1. The molecular weight excluding hydrogens is 336 g/mol. The molecule has 1 aliphatic heterocycles. The molecule has 1 aliphatic rings. The highest BCUT2D eigenvalue weighted by Gasteiger charge is 2.18. The lowest BCUT2D eigenvalue weighted by molar-refractivity contribution is -0.135. The normalized spacial score (nSPS) is 12.3. The average Bonchev–Trinajstić information content (AvgIpc) is 2.70. The molecule has 1 aromatic carbocycles. The molecule has 136 valence electrons. The van der Waals surface area contributed by atoms with Crippen LogP contribution in [0.1, 0.15) is 23.0 Å². The Bertz CT molecular complexity index is 779. The highest BCUT2D eigenvalue weighted by Crippen LogP contribution is 2.31. The van der Waals surface area contributed by atoms with Crippen molar-refractivity contribution in [3.8, 4) is 11.5 Å². The van der Waals surface area contributed by atoms with Crippen molar-refractivity contribution in [2.75, 3.05) is 26.4 Å². The van der Waals surface area contributed by atoms with E-state index in [9.17, 15) is 9.59 Å². The van der Waals surface area contributed by atoms with Gasteiger partial charge < -0.3 is 19.1 Å². The van der Waals surface area contributed by atoms with E-state index < -0.39 is 5.97 Å². The Hall–Kier alpha value is -3.09. The maximum atomic E-state index is 12.4. The van der Waals surface area contributed by atoms with Gasteiger partial charge in [0.25, 0.3) is 5.91 Å². The number of hydrogen-bond acceptors (Lipinski definition) is 6. The molecule has 1 amide bonds. The van der Waals surface area contributed by atoms with Crippen LogP contribution >= 0.6 is 0 Å². The molecule has 7 heteroatoms. The fourth-order valence-corrected chi connectivity index (χ4v) is 2.56. The van der Waals surface area contributed by atoms with Gasteiger partial charge in [-0.15, -0.1) is 0 Å². The van der Waals surface area contributed by atoms with Crippen LogP contribution in [0, 0.1) is 0 Å². The number of fused-ring (bicyclic) bond motifs is 1. The van der Waals surface area contributed by atoms with Crippen molar-refractivity contribution in [2.24, 2.45) is 0 Å². The van der Waals surface area contributed by atoms with Crippen LogP contribution in [0.5, 0.6) is 11.5 Å². The van der Waals surface area contributed by atoms with Crippen LogP contribution in [0.25, 0.3) is 0 Å². The molecule has 2 aromatic rings. The number of carbonyl (C=O) groups excluding carboxylic acids is 2. The number of amides is 1. The molecule has 7 nitrogen and oxygen atoms in total. The minimum atomic E-state index is -0.616. The van der Waals surface area contributed by atoms with E-state index in [0.29, 0.717) is 37.8 Å². The Kier molecular flexibility index (Phi) is 5.68. The lowest BCUT2D eigenvalue weighted by Gasteiger charge is -2.23. The summed E-state index contributed by atoms with van der Waals surface area (Å²) in [6.07, 6.45) is 1.50. The molecule has 0 spiro atoms. The second-order valence-corrected chi connectivity index (χ2v) is 5.68. The summed E-state index contributed by atoms with van der Waals surface area (Å²) in [4.78, 5) is 29.8. The molecule has 26 heavy (non-hydrogen) atoms. The summed E-state index contributed by atoms with van der Waals surface area (Å²) in [5.41, 5.74) is 1.09. The fourth-order valence-electron chi connectivity index (χ4n) is 2.56. The minimum Gasteiger partial charge on any atom is -0.486 e. The van der Waals surface area contributed by atoms with Gasteiger partial charge in [0.05, 0.1) is 0 Å². The summed E-state index contributed by atoms with van der Waals surface area (Å²) >= 11 is 0. The van der Waals surface area contributed by atoms with Crippen LogP contribution in [-0.4, -0.2) is 48.1 Å². The third-order valence-corrected chi connectivity index (χ3v) is 3.92. The van der Waals surface area contributed by atoms with Gasteiger partial charge in [0, 0.05) is 19.3 Å². The molecule has 1 aromatic heterocycles. The quantitative estimate of drug-likeness (QED) is 0.737. The van der Waals surface area contributed by atoms with Gasteiger partial charge in [-0.25, -0.2) is 9.78 Å². The first-order valence-electron chi connectivity index (χ1n) is 8.42. The summed E-state index contributed by atoms with van der Waals surface area (Å²) in [7, 11) is 0. The molecule has 0 saturated carbocycles. The van der Waals surface area contributed by atoms with Crippen LogP contribution in [0.4, 0.5) is 0 Å². The van der Waals surface area contributed by atoms with Crippen molar-refractivity contribution < 1.29 is 23.8 Å². The number of rotatable bonds is 6. The smallest absolute Gasteiger partial charge is 0.357 e. The number of benzene rings is 1. The van der Waals surface area contributed by atoms with Crippen molar-refractivity contribution >= 4 is 11.9 Å². The van der Waals surface area contributed by atoms with Gasteiger partial charge in [0.15, 0.2) is 18.1 Å². The van der Waals surface area contributed by atoms with Gasteiger partial charge in [-0.1, -0.05) is 12.1 Å². The summed E-state index contributed by atoms with van der Waals surface area (Å²) in [6.45, 7) is 3.48. The molecule has 0 fully saturated rings. The number of likely N-dealkylation sites (N-methyl/N-ethyl adjacent to an activating group) is 1. The second-order valence-electron chi connectivity index (χ2n) is 5.68. The van der Waals surface area contributed by atoms with E-state index in [2.05, 4.69) is 4.98 Å². The fraction of sp³-hybridized carbons (Fsp3) is 0.316. The lowest BCUT2D eigenvalue weighted by Crippen LogP contribution is -2.34. The van der Waals surface area contributed by atoms with Gasteiger partial charge in [-0.05, 0) is 36.8 Å². The van der Waals surface area contributed by atoms with E-state index in [1.54, 1.807) is 23.1 Å². The largest absolute Gasteiger partial charge is 0.486 e. The number of carbonyl (C=O) groups is 2. The summed E-state index contributed by atoms with van der Waals surface area (Å²) in [5.74, 6) is 0.499. The van der Waals surface area contributed by atoms with Crippen LogP contribution in [0.3, 0.4) is 0 Å². The maximum absolute atomic E-state index is 12.4. The molecule has 0 aliphatic carbocycles. The van der Waals surface area contributed by atoms with E-state index in [-0.39, 0.29) is 18.2 Å². The molecule has 0 radical (unpaired) electrons. The molecule has 0 bridgehead atoms. The Morgan fingerprint density at radius 1 is 1.15 bits per heavy atom. The third kappa shape index (κ3) is 4.30. The lowest BCUT2D eigenvalue weighted by atomic mass is 10.1. The number of hydrogen-bond donors (Lipinski definition) is 0. The Morgan fingerprint density at radius 3 is 2.69 bits per heavy atom. The predicted molar refractivity (Wildman–Crippen MR) is 93.0 cm³/mol. The van der Waals surface area contributed by atoms with Crippen LogP contribution in [0.15, 0.2) is 42.6 Å². The van der Waals surface area contributed by atoms with Crippen molar-refractivity contribution in [2.45, 2.75) is 13.5 Å². The second kappa shape index (κ2) is 8.33. The Labute approximate surface area is 151 Å². The van der Waals surface area contributed by atoms with Gasteiger partial charge in [0.2, 0.25) is 0 Å². The molecule has 0 unspecified atom stereocenters. The highest BCUT2D eigenvalue weighted by molar-refractivity contribution is 5.89. The minimum absolute atomic E-state index is 0.176. The maximum Gasteiger partial charge on any atom is 0.357 e. The first-order valence-corrected chi connectivity index (χ1v) is 8.42. The predicted octanol–water partition coefficient (Wildman–Crippen LogP) is 2.06. The van der Waals surface area contributed by atoms with Gasteiger partial charge in [0.1, 0.15) is 18.9 Å². The van der Waals surface area contributed by atoms with Crippen molar-refractivity contribution in [1.82, 2.24) is 9.88 Å². The first-order chi connectivity index (χ1) is 12.7. The highest BCUT2D eigenvalue weighted by atomic mass is 16.6. The van der Waals surface area contributed by atoms with Crippen LogP contribution < -0.4 is 9.47 Å². The number of pyridine rings is 1. The Balaban J connectivity index is 1.58. The number of nitrogens with zero attached hydrogens (tertiary/aromatic N) is 2. The molecule has 2 heterocycles. The van der Waals surface area contributed by atoms with Crippen molar-refractivity contribution in [3.63, 3.8) is 0 Å². The van der Waals surface area contributed by atoms with Crippen LogP contribution in [-0.2, 0) is 16.1 Å². The van der Waals surface area contributed by atoms with Crippen LogP contribution in [0.2, 0.25) is 0 Å². The number of aromatic nitrogens is 1. The van der Waals surface area contributed by atoms with E-state index in [4.69, 9.17) is 14.2 Å². The third-order valence-electron chi connectivity index (χ3n) is 3.92. The molecule has 3 rings (SSSR count). The van der Waals surface area contributed by atoms with Crippen molar-refractivity contribution in [1.29, 1.82) is 0 Å². The van der Waals surface area contributed by atoms with Gasteiger partial charge in [-0.3, -0.25) is 4.79 Å². The zero-order valence-corrected chi connectivity index (χ0v) is 14.5. The number of esters is 1. The topological polar surface area (TPSA) is 78.0 Å². The molecular formula is C19H20N2O5. The molecule has 0 N–H and O–H groups in total.